The van der Waals surface area contributed by atoms with Crippen LogP contribution in [0.15, 0.2) is 42.5 Å². The average Bonchev–Trinajstić information content (AvgIpc) is 3.24. The predicted octanol–water partition coefficient (Wildman–Crippen LogP) is 3.58. The Kier molecular flexibility index (Phi) is 6.63. The van der Waals surface area contributed by atoms with Crippen LogP contribution < -0.4 is 15.0 Å². The number of nitriles is 1. The molecule has 0 spiro atoms. The summed E-state index contributed by atoms with van der Waals surface area (Å²) in [6.45, 7) is 6.37. The van der Waals surface area contributed by atoms with Gasteiger partial charge in [0.25, 0.3) is 0 Å². The summed E-state index contributed by atoms with van der Waals surface area (Å²) in [7, 11) is 0. The zero-order valence-electron chi connectivity index (χ0n) is 22.0. The van der Waals surface area contributed by atoms with E-state index >= 15 is 0 Å². The van der Waals surface area contributed by atoms with Gasteiger partial charge in [-0.2, -0.15) is 18.4 Å². The molecule has 3 amide bonds. The van der Waals surface area contributed by atoms with Crippen LogP contribution in [-0.4, -0.2) is 60.1 Å². The van der Waals surface area contributed by atoms with Gasteiger partial charge in [0.15, 0.2) is 0 Å². The maximum absolute atomic E-state index is 13.6. The van der Waals surface area contributed by atoms with Crippen LogP contribution in [0.2, 0.25) is 0 Å². The van der Waals surface area contributed by atoms with Gasteiger partial charge >= 0.3 is 6.18 Å². The fraction of sp³-hybridized carbons (Fsp3) is 0.429. The Morgan fingerprint density at radius 2 is 1.70 bits per heavy atom. The summed E-state index contributed by atoms with van der Waals surface area (Å²) in [5, 5.41) is 11.8. The van der Waals surface area contributed by atoms with Crippen molar-refractivity contribution in [2.75, 3.05) is 36.5 Å². The molecular weight excluding hydrogens is 529 g/mol. The van der Waals surface area contributed by atoms with Gasteiger partial charge in [-0.1, -0.05) is 0 Å². The first kappa shape index (κ1) is 27.6. The molecule has 5 rings (SSSR count). The average molecular weight is 557 g/mol. The van der Waals surface area contributed by atoms with Crippen molar-refractivity contribution in [3.63, 3.8) is 0 Å². The third-order valence-electron chi connectivity index (χ3n) is 7.70. The van der Waals surface area contributed by atoms with E-state index in [1.54, 1.807) is 38.1 Å². The second kappa shape index (κ2) is 9.60. The lowest BCUT2D eigenvalue weighted by Gasteiger charge is -2.45. The molecule has 2 aromatic carbocycles. The van der Waals surface area contributed by atoms with Crippen molar-refractivity contribution >= 4 is 29.1 Å². The second-order valence-corrected chi connectivity index (χ2v) is 10.8. The molecule has 210 valence electrons. The van der Waals surface area contributed by atoms with Gasteiger partial charge in [0, 0.05) is 32.2 Å². The summed E-state index contributed by atoms with van der Waals surface area (Å²) >= 11 is 0. The van der Waals surface area contributed by atoms with Crippen molar-refractivity contribution < 1.29 is 37.0 Å². The Bertz CT molecular complexity index is 1390. The quantitative estimate of drug-likeness (QED) is 0.542. The van der Waals surface area contributed by atoms with E-state index in [-0.39, 0.29) is 11.6 Å². The number of rotatable bonds is 6. The number of fused-ring (bicyclic) bond motifs is 5. The number of ether oxygens (including phenoxy) is 2. The number of amides is 3. The molecule has 4 atom stereocenters. The van der Waals surface area contributed by atoms with E-state index in [0.717, 1.165) is 11.0 Å². The number of hydrogen-bond donors (Lipinski definition) is 1. The van der Waals surface area contributed by atoms with Gasteiger partial charge in [0.2, 0.25) is 17.7 Å². The largest absolute Gasteiger partial charge is 0.492 e. The number of hydrogen-bond acceptors (Lipinski definition) is 7. The van der Waals surface area contributed by atoms with Gasteiger partial charge in [-0.3, -0.25) is 19.3 Å². The first-order chi connectivity index (χ1) is 18.8. The molecule has 1 unspecified atom stereocenters. The summed E-state index contributed by atoms with van der Waals surface area (Å²) in [5.74, 6) is -2.54. The molecule has 9 nitrogen and oxygen atoms in total. The van der Waals surface area contributed by atoms with Crippen molar-refractivity contribution in [3.05, 3.63) is 53.6 Å². The van der Waals surface area contributed by atoms with Gasteiger partial charge < -0.3 is 14.8 Å². The lowest BCUT2D eigenvalue weighted by molar-refractivity contribution is -0.169. The summed E-state index contributed by atoms with van der Waals surface area (Å²) < 4.78 is 52.8. The molecule has 3 saturated heterocycles. The van der Waals surface area contributed by atoms with Crippen molar-refractivity contribution in [2.24, 2.45) is 11.8 Å². The highest BCUT2D eigenvalue weighted by molar-refractivity contribution is 6.23. The van der Waals surface area contributed by atoms with Gasteiger partial charge in [0.05, 0.1) is 45.9 Å². The predicted molar refractivity (Wildman–Crippen MR) is 136 cm³/mol. The molecule has 3 aliphatic heterocycles. The fourth-order valence-electron chi connectivity index (χ4n) is 6.31. The van der Waals surface area contributed by atoms with Crippen LogP contribution >= 0.6 is 0 Å². The molecule has 0 aromatic heterocycles. The highest BCUT2D eigenvalue weighted by Crippen LogP contribution is 2.55. The first-order valence-corrected chi connectivity index (χ1v) is 12.7. The molecule has 3 fully saturated rings. The van der Waals surface area contributed by atoms with E-state index in [9.17, 15) is 27.6 Å². The molecule has 1 N–H and O–H groups in total. The maximum Gasteiger partial charge on any atom is 0.417 e. The van der Waals surface area contributed by atoms with E-state index in [2.05, 4.69) is 10.2 Å². The molecule has 2 bridgehead atoms. The molecule has 0 aliphatic carbocycles. The molecule has 2 aromatic rings. The van der Waals surface area contributed by atoms with Crippen molar-refractivity contribution in [2.45, 2.75) is 38.1 Å². The number of morpholine rings is 1. The van der Waals surface area contributed by atoms with Crippen LogP contribution in [0.5, 0.6) is 5.75 Å². The number of nitrogens with one attached hydrogen (secondary N) is 1. The van der Waals surface area contributed by atoms with Crippen LogP contribution in [0.3, 0.4) is 0 Å². The van der Waals surface area contributed by atoms with Crippen molar-refractivity contribution in [1.82, 2.24) is 4.90 Å². The summed E-state index contributed by atoms with van der Waals surface area (Å²) in [4.78, 5) is 41.3. The van der Waals surface area contributed by atoms with Gasteiger partial charge in [-0.05, 0) is 56.3 Å². The number of carbonyl (C=O) groups is 3. The van der Waals surface area contributed by atoms with Crippen LogP contribution in [0.1, 0.15) is 31.9 Å². The standard InChI is InChI=1S/C28H27F3N4O5/c1-16(36)33-18-5-8-20(9-6-18)39-11-10-34-14-26(2)22-23(27(3,15-34)40-26)25(38)35(24(22)37)19-7-4-17(13-32)21(12-19)28(29,30)31/h4-9,12,22-23H,10-11,14-15H2,1-3H3,(H,33,36)/t22-,23?,26+,27-/m0/s1. The number of alkyl halides is 3. The SMILES string of the molecule is CC(=O)Nc1ccc(OCCN2C[C@@]3(C)O[C@@](C)(C2)C2C(=O)N(c4ccc(C#N)c(C(F)(F)F)c4)C(=O)[C@H]23)cc1. The topological polar surface area (TPSA) is 112 Å². The number of imide groups is 1. The monoisotopic (exact) mass is 556 g/mol. The Balaban J connectivity index is 1.31. The highest BCUT2D eigenvalue weighted by atomic mass is 19.4. The first-order valence-electron chi connectivity index (χ1n) is 12.7. The number of halogens is 3. The minimum atomic E-state index is -4.82. The summed E-state index contributed by atoms with van der Waals surface area (Å²) in [6.07, 6.45) is -4.82. The van der Waals surface area contributed by atoms with Crippen LogP contribution in [-0.2, 0) is 25.3 Å². The van der Waals surface area contributed by atoms with Gasteiger partial charge in [-0.15, -0.1) is 0 Å². The van der Waals surface area contributed by atoms with Crippen molar-refractivity contribution in [1.29, 1.82) is 5.26 Å². The third-order valence-corrected chi connectivity index (χ3v) is 7.70. The fourth-order valence-corrected chi connectivity index (χ4v) is 6.31. The summed E-state index contributed by atoms with van der Waals surface area (Å²) in [6, 6.07) is 11.3. The zero-order chi connectivity index (χ0) is 29.0. The minimum absolute atomic E-state index is 0.176. The van der Waals surface area contributed by atoms with Crippen LogP contribution in [0.25, 0.3) is 0 Å². The number of nitrogens with zero attached hydrogens (tertiary/aromatic N) is 3. The molecule has 3 aliphatic rings. The van der Waals surface area contributed by atoms with Crippen LogP contribution in [0.4, 0.5) is 24.5 Å². The lowest BCUT2D eigenvalue weighted by atomic mass is 9.79. The van der Waals surface area contributed by atoms with Gasteiger partial charge in [0.1, 0.15) is 12.4 Å². The second-order valence-electron chi connectivity index (χ2n) is 10.8. The number of benzene rings is 2. The molecule has 0 saturated carbocycles. The van der Waals surface area contributed by atoms with Gasteiger partial charge in [-0.25, -0.2) is 4.90 Å². The van der Waals surface area contributed by atoms with E-state index in [1.807, 2.05) is 0 Å². The number of anilines is 2. The highest BCUT2D eigenvalue weighted by Gasteiger charge is 2.71. The third kappa shape index (κ3) is 4.69. The molecule has 0 radical (unpaired) electrons. The Morgan fingerprint density at radius 3 is 2.23 bits per heavy atom. The molecular formula is C28H27F3N4O5. The Morgan fingerprint density at radius 1 is 1.10 bits per heavy atom. The number of carbonyl (C=O) groups excluding carboxylic acids is 3. The van der Waals surface area contributed by atoms with E-state index in [1.165, 1.54) is 19.1 Å². The normalized spacial score (nSPS) is 27.9. The van der Waals surface area contributed by atoms with E-state index in [0.29, 0.717) is 43.7 Å². The van der Waals surface area contributed by atoms with Crippen molar-refractivity contribution in [3.8, 4) is 11.8 Å². The molecule has 40 heavy (non-hydrogen) atoms. The Labute approximate surface area is 228 Å². The number of likely N-dealkylation sites (tertiary alicyclic amines) is 1. The Hall–Kier alpha value is -3.95. The lowest BCUT2D eigenvalue weighted by Crippen LogP contribution is -2.58. The maximum atomic E-state index is 13.6. The smallest absolute Gasteiger partial charge is 0.417 e. The van der Waals surface area contributed by atoms with E-state index in [4.69, 9.17) is 14.7 Å². The summed E-state index contributed by atoms with van der Waals surface area (Å²) in [5.41, 5.74) is -3.44. The van der Waals surface area contributed by atoms with E-state index < -0.39 is 52.2 Å². The molecule has 12 heteroatoms. The zero-order valence-corrected chi connectivity index (χ0v) is 22.0. The minimum Gasteiger partial charge on any atom is -0.492 e. The van der Waals surface area contributed by atoms with Crippen LogP contribution in [0, 0.1) is 23.2 Å². The molecule has 3 heterocycles.